The molecule has 2 nitrogen and oxygen atoms in total. The molecule has 2 heteroatoms. The third-order valence-corrected chi connectivity index (χ3v) is 2.53. The van der Waals surface area contributed by atoms with Crippen LogP contribution in [-0.2, 0) is 6.42 Å². The van der Waals surface area contributed by atoms with Gasteiger partial charge < -0.3 is 0 Å². The Labute approximate surface area is 90.8 Å². The minimum Gasteiger partial charge on any atom is -0.198 e. The summed E-state index contributed by atoms with van der Waals surface area (Å²) in [6.07, 6.45) is 1.85. The van der Waals surface area contributed by atoms with Gasteiger partial charge in [-0.05, 0) is 17.5 Å². The molecular formula is C13H14N2. The van der Waals surface area contributed by atoms with Gasteiger partial charge in [-0.2, -0.15) is 10.5 Å². The molecule has 0 unspecified atom stereocenters. The maximum atomic E-state index is 8.67. The zero-order valence-corrected chi connectivity index (χ0v) is 8.90. The van der Waals surface area contributed by atoms with Crippen molar-refractivity contribution < 1.29 is 0 Å². The first-order chi connectivity index (χ1) is 7.31. The van der Waals surface area contributed by atoms with E-state index in [9.17, 15) is 0 Å². The molecule has 0 aliphatic rings. The summed E-state index contributed by atoms with van der Waals surface area (Å²) >= 11 is 0. The molecule has 0 radical (unpaired) electrons. The Morgan fingerprint density at radius 1 is 1.07 bits per heavy atom. The zero-order valence-electron chi connectivity index (χ0n) is 8.90. The molecule has 1 aromatic rings. The van der Waals surface area contributed by atoms with Gasteiger partial charge in [0.25, 0.3) is 0 Å². The van der Waals surface area contributed by atoms with E-state index >= 15 is 0 Å². The van der Waals surface area contributed by atoms with Crippen LogP contribution in [0.5, 0.6) is 0 Å². The number of hydrogen-bond donors (Lipinski definition) is 0. The van der Waals surface area contributed by atoms with Gasteiger partial charge >= 0.3 is 0 Å². The molecule has 15 heavy (non-hydrogen) atoms. The van der Waals surface area contributed by atoms with Gasteiger partial charge in [-0.15, -0.1) is 0 Å². The van der Waals surface area contributed by atoms with E-state index in [1.807, 2.05) is 12.1 Å². The quantitative estimate of drug-likeness (QED) is 0.746. The van der Waals surface area contributed by atoms with Crippen molar-refractivity contribution >= 4 is 0 Å². The molecule has 0 aliphatic heterocycles. The van der Waals surface area contributed by atoms with Gasteiger partial charge in [-0.25, -0.2) is 0 Å². The van der Waals surface area contributed by atoms with Gasteiger partial charge in [-0.3, -0.25) is 0 Å². The molecule has 0 spiro atoms. The summed E-state index contributed by atoms with van der Waals surface area (Å²) in [5, 5.41) is 17.3. The summed E-state index contributed by atoms with van der Waals surface area (Å²) < 4.78 is 0. The molecule has 1 rings (SSSR count). The Bertz CT molecular complexity index is 362. The highest BCUT2D eigenvalue weighted by molar-refractivity contribution is 5.26. The van der Waals surface area contributed by atoms with E-state index in [-0.39, 0.29) is 5.92 Å². The Kier molecular flexibility index (Phi) is 4.38. The first-order valence-corrected chi connectivity index (χ1v) is 5.14. The molecule has 0 saturated carbocycles. The fraction of sp³-hybridized carbons (Fsp3) is 0.385. The van der Waals surface area contributed by atoms with Crippen LogP contribution in [0, 0.1) is 22.7 Å². The normalized spacial score (nSPS) is 9.60. The predicted octanol–water partition coefficient (Wildman–Crippen LogP) is 3.16. The molecule has 0 bridgehead atoms. The minimum atomic E-state index is 0.0610. The van der Waals surface area contributed by atoms with Crippen molar-refractivity contribution in [2.45, 2.75) is 32.1 Å². The Balaban J connectivity index is 2.83. The molecule has 0 amide bonds. The topological polar surface area (TPSA) is 47.6 Å². The molecule has 0 atom stereocenters. The van der Waals surface area contributed by atoms with E-state index < -0.39 is 0 Å². The lowest BCUT2D eigenvalue weighted by Gasteiger charge is -2.10. The van der Waals surface area contributed by atoms with Crippen molar-refractivity contribution in [3.63, 3.8) is 0 Å². The van der Waals surface area contributed by atoms with E-state index in [2.05, 4.69) is 31.2 Å². The van der Waals surface area contributed by atoms with E-state index in [0.717, 1.165) is 12.0 Å². The lowest BCUT2D eigenvalue weighted by atomic mass is 9.93. The monoisotopic (exact) mass is 198 g/mol. The van der Waals surface area contributed by atoms with Crippen LogP contribution in [0.25, 0.3) is 0 Å². The first-order valence-electron chi connectivity index (χ1n) is 5.14. The van der Waals surface area contributed by atoms with Crippen molar-refractivity contribution in [1.29, 1.82) is 10.5 Å². The maximum Gasteiger partial charge on any atom is 0.0628 e. The number of aryl methyl sites for hydroxylation is 1. The van der Waals surface area contributed by atoms with E-state index in [0.29, 0.717) is 12.8 Å². The standard InChI is InChI=1S/C13H14N2/c1-2-11-3-5-12(6-4-11)13(7-9-14)8-10-15/h3-6,13H,2,7-8H2,1H3. The zero-order chi connectivity index (χ0) is 11.1. The van der Waals surface area contributed by atoms with Crippen LogP contribution in [0.4, 0.5) is 0 Å². The lowest BCUT2D eigenvalue weighted by Crippen LogP contribution is -1.97. The highest BCUT2D eigenvalue weighted by Gasteiger charge is 2.10. The van der Waals surface area contributed by atoms with Crippen LogP contribution in [-0.4, -0.2) is 0 Å². The number of benzene rings is 1. The van der Waals surface area contributed by atoms with Crippen molar-refractivity contribution in [2.24, 2.45) is 0 Å². The van der Waals surface area contributed by atoms with Gasteiger partial charge in [0.1, 0.15) is 0 Å². The van der Waals surface area contributed by atoms with Crippen LogP contribution in [0.15, 0.2) is 24.3 Å². The molecule has 76 valence electrons. The Hall–Kier alpha value is -1.80. The Morgan fingerprint density at radius 2 is 1.60 bits per heavy atom. The second-order valence-electron chi connectivity index (χ2n) is 3.52. The van der Waals surface area contributed by atoms with Crippen LogP contribution in [0.1, 0.15) is 36.8 Å². The third-order valence-electron chi connectivity index (χ3n) is 2.53. The third kappa shape index (κ3) is 3.11. The molecule has 0 aliphatic carbocycles. The van der Waals surface area contributed by atoms with Crippen LogP contribution < -0.4 is 0 Å². The largest absolute Gasteiger partial charge is 0.198 e. The van der Waals surface area contributed by atoms with Gasteiger partial charge in [-0.1, -0.05) is 31.2 Å². The number of nitrogens with zero attached hydrogens (tertiary/aromatic N) is 2. The molecule has 0 aromatic heterocycles. The summed E-state index contributed by atoms with van der Waals surface area (Å²) in [7, 11) is 0. The van der Waals surface area contributed by atoms with Gasteiger partial charge in [0.2, 0.25) is 0 Å². The molecule has 0 fully saturated rings. The average Bonchev–Trinajstić information content (AvgIpc) is 2.29. The number of rotatable bonds is 4. The summed E-state index contributed by atoms with van der Waals surface area (Å²) in [4.78, 5) is 0. The highest BCUT2D eigenvalue weighted by Crippen LogP contribution is 2.22. The van der Waals surface area contributed by atoms with Gasteiger partial charge in [0.15, 0.2) is 0 Å². The highest BCUT2D eigenvalue weighted by atomic mass is 14.3. The fourth-order valence-electron chi connectivity index (χ4n) is 1.55. The van der Waals surface area contributed by atoms with Crippen LogP contribution in [0.2, 0.25) is 0 Å². The number of hydrogen-bond acceptors (Lipinski definition) is 2. The van der Waals surface area contributed by atoms with Crippen LogP contribution in [0.3, 0.4) is 0 Å². The second kappa shape index (κ2) is 5.83. The van der Waals surface area contributed by atoms with Crippen LogP contribution >= 0.6 is 0 Å². The minimum absolute atomic E-state index is 0.0610. The van der Waals surface area contributed by atoms with Crippen molar-refractivity contribution in [3.05, 3.63) is 35.4 Å². The lowest BCUT2D eigenvalue weighted by molar-refractivity contribution is 0.725. The van der Waals surface area contributed by atoms with Crippen molar-refractivity contribution in [3.8, 4) is 12.1 Å². The molecule has 0 N–H and O–H groups in total. The van der Waals surface area contributed by atoms with Crippen molar-refractivity contribution in [2.75, 3.05) is 0 Å². The number of nitriles is 2. The smallest absolute Gasteiger partial charge is 0.0628 e. The predicted molar refractivity (Wildman–Crippen MR) is 59.0 cm³/mol. The first kappa shape index (κ1) is 11.3. The molecule has 0 heterocycles. The summed E-state index contributed by atoms with van der Waals surface area (Å²) in [5.41, 5.74) is 2.38. The van der Waals surface area contributed by atoms with E-state index in [1.54, 1.807) is 0 Å². The van der Waals surface area contributed by atoms with E-state index in [4.69, 9.17) is 10.5 Å². The SMILES string of the molecule is CCc1ccc(C(CC#N)CC#N)cc1. The molecule has 1 aromatic carbocycles. The second-order valence-corrected chi connectivity index (χ2v) is 3.52. The van der Waals surface area contributed by atoms with Gasteiger partial charge in [0.05, 0.1) is 12.1 Å². The van der Waals surface area contributed by atoms with Crippen molar-refractivity contribution in [1.82, 2.24) is 0 Å². The summed E-state index contributed by atoms with van der Waals surface area (Å²) in [6.45, 7) is 2.11. The summed E-state index contributed by atoms with van der Waals surface area (Å²) in [6, 6.07) is 12.4. The molecule has 0 saturated heterocycles. The van der Waals surface area contributed by atoms with E-state index in [1.165, 1.54) is 5.56 Å². The molecular weight excluding hydrogens is 184 g/mol. The van der Waals surface area contributed by atoms with Gasteiger partial charge in [0, 0.05) is 18.8 Å². The average molecular weight is 198 g/mol. The maximum absolute atomic E-state index is 8.67. The fourth-order valence-corrected chi connectivity index (χ4v) is 1.55. The summed E-state index contributed by atoms with van der Waals surface area (Å²) in [5.74, 6) is 0.0610. The Morgan fingerprint density at radius 3 is 2.00 bits per heavy atom.